The number of nitrogens with zero attached hydrogens (tertiary/aromatic N) is 1. The zero-order valence-corrected chi connectivity index (χ0v) is 9.97. The van der Waals surface area contributed by atoms with E-state index >= 15 is 0 Å². The molecule has 1 unspecified atom stereocenters. The highest BCUT2D eigenvalue weighted by Gasteiger charge is 2.15. The molecule has 15 heavy (non-hydrogen) atoms. The van der Waals surface area contributed by atoms with E-state index in [2.05, 4.69) is 23.2 Å². The van der Waals surface area contributed by atoms with E-state index in [0.717, 1.165) is 25.3 Å². The van der Waals surface area contributed by atoms with Gasteiger partial charge in [-0.05, 0) is 58.3 Å². The van der Waals surface area contributed by atoms with Crippen LogP contribution in [0.2, 0.25) is 0 Å². The van der Waals surface area contributed by atoms with Crippen molar-refractivity contribution in [1.82, 2.24) is 10.2 Å². The molecule has 1 N–H and O–H groups in total. The Morgan fingerprint density at radius 3 is 3.07 bits per heavy atom. The van der Waals surface area contributed by atoms with Crippen LogP contribution in [-0.2, 0) is 0 Å². The van der Waals surface area contributed by atoms with Crippen molar-refractivity contribution in [3.8, 4) is 12.3 Å². The first kappa shape index (κ1) is 12.5. The molecule has 0 aromatic rings. The first-order valence-corrected chi connectivity index (χ1v) is 6.15. The van der Waals surface area contributed by atoms with Crippen LogP contribution >= 0.6 is 0 Å². The fraction of sp³-hybridized carbons (Fsp3) is 0.846. The number of hydrogen-bond acceptors (Lipinski definition) is 2. The van der Waals surface area contributed by atoms with Gasteiger partial charge in [0.05, 0.1) is 0 Å². The standard InChI is InChI=1S/C13H24N2/c1-3-4-5-6-9-14-11-13-8-7-10-15(2)12-13/h1,13-14H,4-12H2,2H3. The summed E-state index contributed by atoms with van der Waals surface area (Å²) in [6.07, 6.45) is 11.3. The predicted molar refractivity (Wildman–Crippen MR) is 65.8 cm³/mol. The number of piperidine rings is 1. The Morgan fingerprint density at radius 2 is 2.33 bits per heavy atom. The van der Waals surface area contributed by atoms with Crippen molar-refractivity contribution in [3.05, 3.63) is 0 Å². The van der Waals surface area contributed by atoms with Crippen molar-refractivity contribution in [2.75, 3.05) is 33.2 Å². The lowest BCUT2D eigenvalue weighted by atomic mass is 9.98. The summed E-state index contributed by atoms with van der Waals surface area (Å²) in [5, 5.41) is 3.54. The van der Waals surface area contributed by atoms with Gasteiger partial charge >= 0.3 is 0 Å². The molecule has 0 radical (unpaired) electrons. The third-order valence-corrected chi connectivity index (χ3v) is 3.08. The molecule has 0 bridgehead atoms. The quantitative estimate of drug-likeness (QED) is 0.528. The Bertz CT molecular complexity index is 195. The molecular formula is C13H24N2. The molecule has 0 spiro atoms. The molecule has 1 atom stereocenters. The van der Waals surface area contributed by atoms with E-state index in [1.807, 2.05) is 0 Å². The van der Waals surface area contributed by atoms with Gasteiger partial charge in [-0.25, -0.2) is 0 Å². The van der Waals surface area contributed by atoms with Gasteiger partial charge in [-0.15, -0.1) is 12.3 Å². The Labute approximate surface area is 94.4 Å². The van der Waals surface area contributed by atoms with Gasteiger partial charge < -0.3 is 10.2 Å². The molecule has 1 fully saturated rings. The molecule has 0 aromatic heterocycles. The minimum absolute atomic E-state index is 0.858. The smallest absolute Gasteiger partial charge is 0.00865 e. The van der Waals surface area contributed by atoms with Gasteiger partial charge in [-0.3, -0.25) is 0 Å². The van der Waals surface area contributed by atoms with E-state index in [9.17, 15) is 0 Å². The van der Waals surface area contributed by atoms with Crippen LogP contribution in [0.3, 0.4) is 0 Å². The summed E-state index contributed by atoms with van der Waals surface area (Å²) >= 11 is 0. The SMILES string of the molecule is C#CCCCCNCC1CCCN(C)C1. The summed E-state index contributed by atoms with van der Waals surface area (Å²) in [6, 6.07) is 0. The van der Waals surface area contributed by atoms with Crippen molar-refractivity contribution < 1.29 is 0 Å². The van der Waals surface area contributed by atoms with Gasteiger partial charge in [-0.1, -0.05) is 0 Å². The van der Waals surface area contributed by atoms with E-state index in [-0.39, 0.29) is 0 Å². The zero-order chi connectivity index (χ0) is 10.9. The van der Waals surface area contributed by atoms with E-state index in [0.29, 0.717) is 0 Å². The Hall–Kier alpha value is -0.520. The van der Waals surface area contributed by atoms with Gasteiger partial charge in [-0.2, -0.15) is 0 Å². The molecule has 0 amide bonds. The molecule has 0 aromatic carbocycles. The first-order valence-electron chi connectivity index (χ1n) is 6.15. The molecule has 86 valence electrons. The lowest BCUT2D eigenvalue weighted by molar-refractivity contribution is 0.206. The fourth-order valence-electron chi connectivity index (χ4n) is 2.22. The molecule has 1 saturated heterocycles. The number of hydrogen-bond donors (Lipinski definition) is 1. The normalized spacial score (nSPS) is 22.5. The van der Waals surface area contributed by atoms with Gasteiger partial charge in [0.1, 0.15) is 0 Å². The van der Waals surface area contributed by atoms with Crippen molar-refractivity contribution in [2.24, 2.45) is 5.92 Å². The number of nitrogens with one attached hydrogen (secondary N) is 1. The lowest BCUT2D eigenvalue weighted by Crippen LogP contribution is -2.37. The summed E-state index contributed by atoms with van der Waals surface area (Å²) in [7, 11) is 2.22. The van der Waals surface area contributed by atoms with Crippen molar-refractivity contribution in [1.29, 1.82) is 0 Å². The maximum absolute atomic E-state index is 5.20. The summed E-state index contributed by atoms with van der Waals surface area (Å²) in [5.74, 6) is 3.54. The third kappa shape index (κ3) is 5.81. The van der Waals surface area contributed by atoms with Crippen molar-refractivity contribution in [2.45, 2.75) is 32.1 Å². The van der Waals surface area contributed by atoms with Crippen molar-refractivity contribution in [3.63, 3.8) is 0 Å². The predicted octanol–water partition coefficient (Wildman–Crippen LogP) is 1.72. The van der Waals surface area contributed by atoms with E-state index in [4.69, 9.17) is 6.42 Å². The van der Waals surface area contributed by atoms with Crippen LogP contribution in [-0.4, -0.2) is 38.1 Å². The van der Waals surface area contributed by atoms with Crippen LogP contribution in [0.5, 0.6) is 0 Å². The molecular weight excluding hydrogens is 184 g/mol. The first-order chi connectivity index (χ1) is 7.33. The van der Waals surface area contributed by atoms with Crippen LogP contribution in [0.15, 0.2) is 0 Å². The number of rotatable bonds is 6. The lowest BCUT2D eigenvalue weighted by Gasteiger charge is -2.29. The number of likely N-dealkylation sites (tertiary alicyclic amines) is 1. The zero-order valence-electron chi connectivity index (χ0n) is 9.97. The van der Waals surface area contributed by atoms with E-state index < -0.39 is 0 Å². The van der Waals surface area contributed by atoms with E-state index in [1.54, 1.807) is 0 Å². The molecule has 2 heteroatoms. The van der Waals surface area contributed by atoms with Crippen LogP contribution in [0.4, 0.5) is 0 Å². The summed E-state index contributed by atoms with van der Waals surface area (Å²) in [6.45, 7) is 4.85. The Morgan fingerprint density at radius 1 is 1.47 bits per heavy atom. The van der Waals surface area contributed by atoms with Gasteiger partial charge in [0.2, 0.25) is 0 Å². The summed E-state index contributed by atoms with van der Waals surface area (Å²) < 4.78 is 0. The van der Waals surface area contributed by atoms with Crippen LogP contribution in [0.1, 0.15) is 32.1 Å². The second-order valence-corrected chi connectivity index (χ2v) is 4.64. The topological polar surface area (TPSA) is 15.3 Å². The average molecular weight is 208 g/mol. The van der Waals surface area contributed by atoms with Gasteiger partial charge in [0.25, 0.3) is 0 Å². The van der Waals surface area contributed by atoms with Crippen molar-refractivity contribution >= 4 is 0 Å². The fourth-order valence-corrected chi connectivity index (χ4v) is 2.22. The van der Waals surface area contributed by atoms with Crippen LogP contribution in [0.25, 0.3) is 0 Å². The minimum atomic E-state index is 0.858. The van der Waals surface area contributed by atoms with Gasteiger partial charge in [0.15, 0.2) is 0 Å². The molecule has 1 rings (SSSR count). The molecule has 0 saturated carbocycles. The van der Waals surface area contributed by atoms with Crippen LogP contribution in [0, 0.1) is 18.3 Å². The van der Waals surface area contributed by atoms with Crippen LogP contribution < -0.4 is 5.32 Å². The highest BCUT2D eigenvalue weighted by molar-refractivity contribution is 4.82. The maximum atomic E-state index is 5.20. The maximum Gasteiger partial charge on any atom is 0.00865 e. The Kier molecular flexibility index (Phi) is 6.47. The third-order valence-electron chi connectivity index (χ3n) is 3.08. The van der Waals surface area contributed by atoms with Gasteiger partial charge in [0, 0.05) is 13.0 Å². The molecule has 0 aliphatic carbocycles. The monoisotopic (exact) mass is 208 g/mol. The van der Waals surface area contributed by atoms with E-state index in [1.165, 1.54) is 38.9 Å². The largest absolute Gasteiger partial charge is 0.316 e. The summed E-state index contributed by atoms with van der Waals surface area (Å²) in [4.78, 5) is 2.44. The number of unbranched alkanes of at least 4 members (excludes halogenated alkanes) is 2. The molecule has 1 heterocycles. The summed E-state index contributed by atoms with van der Waals surface area (Å²) in [5.41, 5.74) is 0. The Balaban J connectivity index is 1.93. The average Bonchev–Trinajstić information content (AvgIpc) is 2.23. The second-order valence-electron chi connectivity index (χ2n) is 4.64. The highest BCUT2D eigenvalue weighted by Crippen LogP contribution is 2.13. The highest BCUT2D eigenvalue weighted by atomic mass is 15.1. The minimum Gasteiger partial charge on any atom is -0.316 e. The second kappa shape index (κ2) is 7.73. The molecule has 1 aliphatic rings. The number of terminal acetylenes is 1. The molecule has 2 nitrogen and oxygen atoms in total. The molecule has 1 aliphatic heterocycles.